The molecule has 0 aliphatic rings. The van der Waals surface area contributed by atoms with Crippen molar-refractivity contribution in [3.8, 4) is 11.5 Å². The smallest absolute Gasteiger partial charge is 0.416 e. The highest BCUT2D eigenvalue weighted by Crippen LogP contribution is 2.36. The van der Waals surface area contributed by atoms with Crippen molar-refractivity contribution >= 4 is 23.3 Å². The Balaban J connectivity index is 2.49. The minimum absolute atomic E-state index is 0.0551. The van der Waals surface area contributed by atoms with Gasteiger partial charge >= 0.3 is 12.1 Å². The van der Waals surface area contributed by atoms with E-state index in [2.05, 4.69) is 0 Å². The van der Waals surface area contributed by atoms with Gasteiger partial charge in [0.1, 0.15) is 11.5 Å². The van der Waals surface area contributed by atoms with E-state index in [1.807, 2.05) is 0 Å². The van der Waals surface area contributed by atoms with E-state index in [0.29, 0.717) is 5.01 Å². The van der Waals surface area contributed by atoms with Gasteiger partial charge in [-0.25, -0.2) is 10.1 Å². The standard InChI is InChI=1S/C18H16ClF3N4O4/c1-24(2)16(23)13-9-11(5-6-12(13)17(27)25(3)26(28)29)30-15-7-4-10(8-14(15)19)18(20,21)22/h4-9,23H,1-3H3/p+1. The molecule has 2 aromatic carbocycles. The van der Waals surface area contributed by atoms with Crippen LogP contribution in [0, 0.1) is 10.1 Å². The number of carbonyl (C=O) groups is 1. The largest absolute Gasteiger partial charge is 0.456 e. The number of nitro groups is 1. The molecular weight excluding hydrogens is 429 g/mol. The van der Waals surface area contributed by atoms with Crippen molar-refractivity contribution in [2.75, 3.05) is 21.1 Å². The van der Waals surface area contributed by atoms with Crippen LogP contribution in [0.2, 0.25) is 5.02 Å². The molecule has 0 bridgehead atoms. The number of halogens is 4. The van der Waals surface area contributed by atoms with Crippen LogP contribution < -0.4 is 10.5 Å². The van der Waals surface area contributed by atoms with Gasteiger partial charge in [-0.15, -0.1) is 0 Å². The summed E-state index contributed by atoms with van der Waals surface area (Å²) in [6.45, 7) is 0. The fourth-order valence-electron chi connectivity index (χ4n) is 2.36. The van der Waals surface area contributed by atoms with Gasteiger partial charge < -0.3 is 4.74 Å². The van der Waals surface area contributed by atoms with Crippen LogP contribution in [0.15, 0.2) is 36.4 Å². The second kappa shape index (κ2) is 8.57. The Morgan fingerprint density at radius 3 is 2.30 bits per heavy atom. The number of alkyl halides is 3. The second-order valence-electron chi connectivity index (χ2n) is 6.30. The quantitative estimate of drug-likeness (QED) is 0.250. The third-order valence-electron chi connectivity index (χ3n) is 4.01. The maximum Gasteiger partial charge on any atom is 0.416 e. The summed E-state index contributed by atoms with van der Waals surface area (Å²) in [5.74, 6) is -0.754. The lowest BCUT2D eigenvalue weighted by Gasteiger charge is -2.14. The molecule has 0 saturated carbocycles. The zero-order valence-corrected chi connectivity index (χ0v) is 16.8. The van der Waals surface area contributed by atoms with Crippen LogP contribution >= 0.6 is 11.6 Å². The molecule has 0 aliphatic carbocycles. The molecule has 160 valence electrons. The van der Waals surface area contributed by atoms with Gasteiger partial charge in [0.15, 0.2) is 5.03 Å². The van der Waals surface area contributed by atoms with E-state index in [-0.39, 0.29) is 33.5 Å². The predicted octanol–water partition coefficient (Wildman–Crippen LogP) is 3.39. The Kier molecular flexibility index (Phi) is 6.56. The summed E-state index contributed by atoms with van der Waals surface area (Å²) in [6.07, 6.45) is -4.56. The molecule has 0 aliphatic heterocycles. The van der Waals surface area contributed by atoms with Gasteiger partial charge in [0.2, 0.25) is 0 Å². The number of nitrogens with two attached hydrogens (primary N) is 1. The van der Waals surface area contributed by atoms with Crippen LogP contribution in [0.4, 0.5) is 13.2 Å². The second-order valence-corrected chi connectivity index (χ2v) is 6.71. The van der Waals surface area contributed by atoms with Gasteiger partial charge in [-0.3, -0.25) is 15.1 Å². The van der Waals surface area contributed by atoms with Crippen LogP contribution in [-0.2, 0) is 6.18 Å². The molecule has 0 radical (unpaired) electrons. The van der Waals surface area contributed by atoms with E-state index < -0.39 is 22.7 Å². The average Bonchev–Trinajstić information content (AvgIpc) is 2.66. The van der Waals surface area contributed by atoms with Crippen molar-refractivity contribution < 1.29 is 32.3 Å². The Labute approximate surface area is 174 Å². The highest BCUT2D eigenvalue weighted by molar-refractivity contribution is 6.32. The van der Waals surface area contributed by atoms with E-state index in [9.17, 15) is 28.1 Å². The van der Waals surface area contributed by atoms with Crippen molar-refractivity contribution in [2.24, 2.45) is 5.73 Å². The number of nitrogens with zero attached hydrogens (tertiary/aromatic N) is 3. The van der Waals surface area contributed by atoms with Crippen molar-refractivity contribution in [1.82, 2.24) is 5.01 Å². The fourth-order valence-corrected chi connectivity index (χ4v) is 2.58. The van der Waals surface area contributed by atoms with Crippen molar-refractivity contribution in [3.05, 3.63) is 68.2 Å². The van der Waals surface area contributed by atoms with Crippen molar-refractivity contribution in [1.29, 1.82) is 0 Å². The van der Waals surface area contributed by atoms with E-state index in [4.69, 9.17) is 22.1 Å². The van der Waals surface area contributed by atoms with Crippen LogP contribution in [-0.4, -0.2) is 47.5 Å². The number of ether oxygens (including phenoxy) is 1. The molecule has 2 rings (SSSR count). The predicted molar refractivity (Wildman–Crippen MR) is 102 cm³/mol. The molecule has 8 nitrogen and oxygen atoms in total. The lowest BCUT2D eigenvalue weighted by atomic mass is 10.0. The summed E-state index contributed by atoms with van der Waals surface area (Å²) in [5.41, 5.74) is 5.15. The minimum Gasteiger partial charge on any atom is -0.456 e. The third-order valence-corrected chi connectivity index (χ3v) is 4.30. The number of rotatable bonds is 5. The molecule has 2 N–H and O–H groups in total. The zero-order chi connectivity index (χ0) is 22.8. The van der Waals surface area contributed by atoms with Crippen LogP contribution in [0.25, 0.3) is 0 Å². The molecule has 0 aromatic heterocycles. The number of amides is 1. The molecule has 1 amide bonds. The summed E-state index contributed by atoms with van der Waals surface area (Å²) in [4.78, 5) is 23.3. The molecule has 12 heteroatoms. The van der Waals surface area contributed by atoms with Gasteiger partial charge in [-0.2, -0.15) is 13.2 Å². The molecule has 2 aromatic rings. The lowest BCUT2D eigenvalue weighted by Crippen LogP contribution is -2.35. The van der Waals surface area contributed by atoms with Crippen molar-refractivity contribution in [2.45, 2.75) is 6.18 Å². The number of amidine groups is 1. The molecule has 0 saturated heterocycles. The van der Waals surface area contributed by atoms with Gasteiger partial charge in [-0.05, 0) is 36.4 Å². The zero-order valence-electron chi connectivity index (χ0n) is 16.0. The summed E-state index contributed by atoms with van der Waals surface area (Å²) < 4.78 is 45.4. The SMILES string of the molecule is CN(C(=O)c1ccc(Oc2ccc(C(F)(F)F)cc2Cl)cc1C(N)=[N+](C)C)[N+](=O)[O-]. The Bertz CT molecular complexity index is 1040. The van der Waals surface area contributed by atoms with E-state index in [1.165, 1.54) is 22.8 Å². The third kappa shape index (κ3) is 4.98. The van der Waals surface area contributed by atoms with Gasteiger partial charge in [0.25, 0.3) is 5.84 Å². The van der Waals surface area contributed by atoms with E-state index >= 15 is 0 Å². The van der Waals surface area contributed by atoms with E-state index in [0.717, 1.165) is 25.2 Å². The molecular formula is C18H17ClF3N4O4+. The summed E-state index contributed by atoms with van der Waals surface area (Å²) in [5, 5.41) is 10.1. The normalized spacial score (nSPS) is 11.0. The van der Waals surface area contributed by atoms with E-state index in [1.54, 1.807) is 14.1 Å². The number of hydrogen-bond acceptors (Lipinski definition) is 4. The minimum atomic E-state index is -4.56. The molecule has 0 atom stereocenters. The van der Waals surface area contributed by atoms with Crippen LogP contribution in [0.1, 0.15) is 21.5 Å². The highest BCUT2D eigenvalue weighted by atomic mass is 35.5. The molecule has 0 fully saturated rings. The number of carbonyl (C=O) groups excluding carboxylic acids is 1. The van der Waals surface area contributed by atoms with Crippen LogP contribution in [0.3, 0.4) is 0 Å². The summed E-state index contributed by atoms with van der Waals surface area (Å²) >= 11 is 5.90. The number of hydrogen-bond donors (Lipinski definition) is 1. The lowest BCUT2D eigenvalue weighted by molar-refractivity contribution is -0.625. The van der Waals surface area contributed by atoms with Crippen molar-refractivity contribution in [3.63, 3.8) is 0 Å². The molecule has 30 heavy (non-hydrogen) atoms. The first-order valence-corrected chi connectivity index (χ1v) is 8.62. The molecule has 0 heterocycles. The topological polar surface area (TPSA) is 102 Å². The maximum absolute atomic E-state index is 12.8. The first-order chi connectivity index (χ1) is 13.8. The Morgan fingerprint density at radius 2 is 1.80 bits per heavy atom. The summed E-state index contributed by atoms with van der Waals surface area (Å²) in [7, 11) is 4.19. The van der Waals surface area contributed by atoms with Crippen LogP contribution in [0.5, 0.6) is 11.5 Å². The maximum atomic E-state index is 12.8. The van der Waals surface area contributed by atoms with Gasteiger partial charge in [0, 0.05) is 0 Å². The molecule has 0 spiro atoms. The number of hydrazine groups is 1. The summed E-state index contributed by atoms with van der Waals surface area (Å²) in [6, 6.07) is 6.52. The Hall–Kier alpha value is -3.34. The fraction of sp³-hybridized carbons (Fsp3) is 0.222. The average molecular weight is 446 g/mol. The highest BCUT2D eigenvalue weighted by Gasteiger charge is 2.31. The number of benzene rings is 2. The first kappa shape index (κ1) is 22.9. The molecule has 0 unspecified atom stereocenters. The monoisotopic (exact) mass is 445 g/mol. The Morgan fingerprint density at radius 1 is 1.17 bits per heavy atom. The van der Waals surface area contributed by atoms with Gasteiger partial charge in [-0.1, -0.05) is 16.6 Å². The first-order valence-electron chi connectivity index (χ1n) is 8.24. The van der Waals surface area contributed by atoms with Gasteiger partial charge in [0.05, 0.1) is 42.9 Å².